The number of nitriles is 1. The van der Waals surface area contributed by atoms with Crippen LogP contribution >= 0.6 is 11.3 Å². The van der Waals surface area contributed by atoms with Crippen LogP contribution in [0.1, 0.15) is 0 Å². The first-order chi connectivity index (χ1) is 12.2. The Morgan fingerprint density at radius 1 is 1.48 bits per heavy atom. The molecule has 3 heterocycles. The third kappa shape index (κ3) is 3.17. The van der Waals surface area contributed by atoms with Crippen LogP contribution in [0, 0.1) is 11.5 Å². The van der Waals surface area contributed by atoms with Gasteiger partial charge in [-0.1, -0.05) is 17.4 Å². The maximum atomic E-state index is 12.3. The number of benzene rings is 1. The van der Waals surface area contributed by atoms with Crippen LogP contribution in [0.15, 0.2) is 30.6 Å². The highest BCUT2D eigenvalue weighted by Gasteiger charge is 2.26. The number of aromatic amines is 1. The van der Waals surface area contributed by atoms with Gasteiger partial charge in [0.15, 0.2) is 17.4 Å². The molecule has 8 nitrogen and oxygen atoms in total. The van der Waals surface area contributed by atoms with Gasteiger partial charge in [-0.05, 0) is 17.7 Å². The van der Waals surface area contributed by atoms with E-state index in [0.717, 1.165) is 21.3 Å². The van der Waals surface area contributed by atoms with Gasteiger partial charge in [-0.25, -0.2) is 4.98 Å². The minimum atomic E-state index is -0.665. The van der Waals surface area contributed by atoms with Gasteiger partial charge in [-0.2, -0.15) is 10.4 Å². The summed E-state index contributed by atoms with van der Waals surface area (Å²) in [4.78, 5) is 18.3. The minimum Gasteiger partial charge on any atom is -0.365 e. The first kappa shape index (κ1) is 15.6. The fourth-order valence-electron chi connectivity index (χ4n) is 2.65. The molecule has 9 heteroatoms. The number of rotatable bonds is 3. The van der Waals surface area contributed by atoms with E-state index in [4.69, 9.17) is 10.00 Å². The van der Waals surface area contributed by atoms with E-state index in [-0.39, 0.29) is 12.5 Å². The van der Waals surface area contributed by atoms with E-state index >= 15 is 0 Å². The normalized spacial score (nSPS) is 17.4. The topological polar surface area (TPSA) is 107 Å². The molecule has 1 amide bonds. The van der Waals surface area contributed by atoms with Crippen LogP contribution in [0.2, 0.25) is 0 Å². The molecule has 1 aromatic carbocycles. The standard InChI is InChI=1S/C16H14N6O2S/c17-9-22-3-4-24-13(8-22)15(23)21-16-20-12-2-1-10(5-14(12)25-16)11-6-18-19-7-11/h1-2,5-7,13H,3-4,8H2,(H,18,19)(H,20,21,23). The lowest BCUT2D eigenvalue weighted by atomic mass is 10.1. The number of amides is 1. The maximum absolute atomic E-state index is 12.3. The number of fused-ring (bicyclic) bond motifs is 1. The summed E-state index contributed by atoms with van der Waals surface area (Å²) in [5.41, 5.74) is 2.84. The molecule has 1 aliphatic heterocycles. The quantitative estimate of drug-likeness (QED) is 0.695. The number of carbonyl (C=O) groups excluding carboxylic acids is 1. The number of aromatic nitrogens is 3. The molecule has 2 N–H and O–H groups in total. The van der Waals surface area contributed by atoms with Crippen molar-refractivity contribution in [2.24, 2.45) is 0 Å². The fraction of sp³-hybridized carbons (Fsp3) is 0.250. The Kier molecular flexibility index (Phi) is 4.05. The molecular weight excluding hydrogens is 340 g/mol. The SMILES string of the molecule is N#CN1CCOC(C(=O)Nc2nc3ccc(-c4cn[nH]c4)cc3s2)C1. The maximum Gasteiger partial charge on any atom is 0.257 e. The number of morpholine rings is 1. The molecule has 0 aliphatic carbocycles. The number of ether oxygens (including phenoxy) is 1. The van der Waals surface area contributed by atoms with Gasteiger partial charge in [0, 0.05) is 11.8 Å². The van der Waals surface area contributed by atoms with Gasteiger partial charge >= 0.3 is 0 Å². The fourth-order valence-corrected chi connectivity index (χ4v) is 3.56. The molecule has 1 saturated heterocycles. The summed E-state index contributed by atoms with van der Waals surface area (Å²) < 4.78 is 6.42. The molecule has 3 aromatic rings. The molecule has 1 aliphatic rings. The summed E-state index contributed by atoms with van der Waals surface area (Å²) in [5.74, 6) is -0.283. The van der Waals surface area contributed by atoms with Crippen molar-refractivity contribution in [3.63, 3.8) is 0 Å². The van der Waals surface area contributed by atoms with Crippen molar-refractivity contribution in [1.82, 2.24) is 20.1 Å². The Bertz CT molecular complexity index is 945. The van der Waals surface area contributed by atoms with Gasteiger partial charge in [-0.15, -0.1) is 0 Å². The lowest BCUT2D eigenvalue weighted by Gasteiger charge is -2.27. The average Bonchev–Trinajstić information content (AvgIpc) is 3.30. The molecule has 0 saturated carbocycles. The van der Waals surface area contributed by atoms with Gasteiger partial charge in [0.25, 0.3) is 5.91 Å². The lowest BCUT2D eigenvalue weighted by molar-refractivity contribution is -0.131. The Balaban J connectivity index is 1.52. The molecule has 0 spiro atoms. The molecule has 1 atom stereocenters. The summed E-state index contributed by atoms with van der Waals surface area (Å²) in [6.07, 6.45) is 4.96. The molecule has 0 radical (unpaired) electrons. The molecule has 0 bridgehead atoms. The van der Waals surface area contributed by atoms with E-state index in [1.54, 1.807) is 6.20 Å². The molecular formula is C16H14N6O2S. The molecule has 126 valence electrons. The number of anilines is 1. The van der Waals surface area contributed by atoms with Crippen molar-refractivity contribution in [1.29, 1.82) is 5.26 Å². The number of hydrogen-bond donors (Lipinski definition) is 2. The van der Waals surface area contributed by atoms with Crippen molar-refractivity contribution in [3.8, 4) is 17.3 Å². The zero-order valence-corrected chi connectivity index (χ0v) is 13.9. The van der Waals surface area contributed by atoms with Crippen LogP contribution in [0.25, 0.3) is 21.3 Å². The second-order valence-corrected chi connectivity index (χ2v) is 6.61. The Morgan fingerprint density at radius 3 is 3.20 bits per heavy atom. The van der Waals surface area contributed by atoms with Crippen LogP contribution in [-0.4, -0.2) is 51.8 Å². The zero-order chi connectivity index (χ0) is 17.2. The van der Waals surface area contributed by atoms with Crippen molar-refractivity contribution >= 4 is 32.6 Å². The molecule has 1 unspecified atom stereocenters. The monoisotopic (exact) mass is 354 g/mol. The predicted octanol–water partition coefficient (Wildman–Crippen LogP) is 1.81. The summed E-state index contributed by atoms with van der Waals surface area (Å²) in [6, 6.07) is 5.90. The van der Waals surface area contributed by atoms with Gasteiger partial charge in [0.05, 0.1) is 36.1 Å². The second kappa shape index (κ2) is 6.51. The van der Waals surface area contributed by atoms with Crippen molar-refractivity contribution in [2.45, 2.75) is 6.10 Å². The third-order valence-corrected chi connectivity index (χ3v) is 4.88. The Hall–Kier alpha value is -2.96. The first-order valence-corrected chi connectivity index (χ1v) is 8.51. The molecule has 2 aromatic heterocycles. The Morgan fingerprint density at radius 2 is 2.40 bits per heavy atom. The summed E-state index contributed by atoms with van der Waals surface area (Å²) >= 11 is 1.40. The largest absolute Gasteiger partial charge is 0.365 e. The van der Waals surface area contributed by atoms with E-state index < -0.39 is 6.10 Å². The van der Waals surface area contributed by atoms with Crippen molar-refractivity contribution < 1.29 is 9.53 Å². The summed E-state index contributed by atoms with van der Waals surface area (Å²) in [5, 5.41) is 19.0. The number of nitrogens with zero attached hydrogens (tertiary/aromatic N) is 4. The average molecular weight is 354 g/mol. The number of hydrogen-bond acceptors (Lipinski definition) is 7. The van der Waals surface area contributed by atoms with Crippen LogP contribution < -0.4 is 5.32 Å². The lowest BCUT2D eigenvalue weighted by Crippen LogP contribution is -2.46. The first-order valence-electron chi connectivity index (χ1n) is 7.70. The summed E-state index contributed by atoms with van der Waals surface area (Å²) in [6.45, 7) is 1.13. The van der Waals surface area contributed by atoms with E-state index in [2.05, 4.69) is 20.5 Å². The van der Waals surface area contributed by atoms with Gasteiger partial charge in [0.2, 0.25) is 0 Å². The highest BCUT2D eigenvalue weighted by molar-refractivity contribution is 7.22. The van der Waals surface area contributed by atoms with E-state index in [1.807, 2.05) is 30.6 Å². The van der Waals surface area contributed by atoms with Gasteiger partial charge in [0.1, 0.15) is 0 Å². The van der Waals surface area contributed by atoms with Crippen molar-refractivity contribution in [2.75, 3.05) is 25.0 Å². The van der Waals surface area contributed by atoms with Crippen LogP contribution in [-0.2, 0) is 9.53 Å². The molecule has 1 fully saturated rings. The van der Waals surface area contributed by atoms with Crippen LogP contribution in [0.3, 0.4) is 0 Å². The predicted molar refractivity (Wildman–Crippen MR) is 92.8 cm³/mol. The smallest absolute Gasteiger partial charge is 0.257 e. The highest BCUT2D eigenvalue weighted by Crippen LogP contribution is 2.30. The summed E-state index contributed by atoms with van der Waals surface area (Å²) in [7, 11) is 0. The number of thiazole rings is 1. The van der Waals surface area contributed by atoms with E-state index in [1.165, 1.54) is 16.2 Å². The van der Waals surface area contributed by atoms with Gasteiger partial charge < -0.3 is 9.64 Å². The minimum absolute atomic E-state index is 0.262. The third-order valence-electron chi connectivity index (χ3n) is 3.95. The van der Waals surface area contributed by atoms with Gasteiger partial charge in [-0.3, -0.25) is 15.2 Å². The van der Waals surface area contributed by atoms with Crippen LogP contribution in [0.4, 0.5) is 5.13 Å². The molecule has 4 rings (SSSR count). The number of nitrogens with one attached hydrogen (secondary N) is 2. The number of carbonyl (C=O) groups is 1. The second-order valence-electron chi connectivity index (χ2n) is 5.58. The zero-order valence-electron chi connectivity index (χ0n) is 13.1. The van der Waals surface area contributed by atoms with E-state index in [9.17, 15) is 4.79 Å². The van der Waals surface area contributed by atoms with Crippen LogP contribution in [0.5, 0.6) is 0 Å². The number of H-pyrrole nitrogens is 1. The van der Waals surface area contributed by atoms with E-state index in [0.29, 0.717) is 18.3 Å². The highest BCUT2D eigenvalue weighted by atomic mass is 32.1. The van der Waals surface area contributed by atoms with Crippen molar-refractivity contribution in [3.05, 3.63) is 30.6 Å². The Labute approximate surface area is 147 Å². The molecule has 25 heavy (non-hydrogen) atoms.